The molecular weight excluding hydrogens is 547 g/mol. The molecule has 1 amide bonds. The van der Waals surface area contributed by atoms with Gasteiger partial charge in [-0.25, -0.2) is 13.8 Å². The molecule has 0 saturated carbocycles. The summed E-state index contributed by atoms with van der Waals surface area (Å²) in [6, 6.07) is 10.9. The molecule has 1 unspecified atom stereocenters. The van der Waals surface area contributed by atoms with Crippen LogP contribution in [0.2, 0.25) is 5.02 Å². The topological polar surface area (TPSA) is 134 Å². The van der Waals surface area contributed by atoms with E-state index in [1.165, 1.54) is 0 Å². The second kappa shape index (κ2) is 9.43. The minimum atomic E-state index is -0.912. The number of hydrogen-bond acceptors (Lipinski definition) is 4. The van der Waals surface area contributed by atoms with Crippen molar-refractivity contribution in [2.24, 2.45) is 11.7 Å². The standard InChI is InChI=1S/C31H28ClFN4O4/c1-14-16(6-5-9-23(14)37-29(39)18-7-4-8-20(32)26(18)36-30(37)40)24-21(33)13-19(28(34)38)27-25(24)17-11-10-15(31(2,3)41)12-22(17)35-27/h4-9,13,15,35,41H,10-12H2,1-3H3,(H2,34,38)(H,36,40). The van der Waals surface area contributed by atoms with Crippen molar-refractivity contribution in [3.8, 4) is 16.8 Å². The van der Waals surface area contributed by atoms with Crippen LogP contribution in [0.5, 0.6) is 0 Å². The third-order valence-corrected chi connectivity index (χ3v) is 8.69. The first kappa shape index (κ1) is 27.0. The molecular formula is C31H28ClFN4O4. The highest BCUT2D eigenvalue weighted by Crippen LogP contribution is 2.43. The molecule has 0 aliphatic heterocycles. The number of rotatable bonds is 4. The van der Waals surface area contributed by atoms with Crippen LogP contribution in [-0.4, -0.2) is 31.1 Å². The summed E-state index contributed by atoms with van der Waals surface area (Å²) in [5, 5.41) is 11.7. The Kier molecular flexibility index (Phi) is 6.20. The van der Waals surface area contributed by atoms with Gasteiger partial charge in [-0.3, -0.25) is 9.59 Å². The molecule has 0 spiro atoms. The second-order valence-corrected chi connectivity index (χ2v) is 11.7. The SMILES string of the molecule is Cc1c(-c2c(F)cc(C(N)=O)c3[nH]c4c(c23)CCC(C(C)(C)O)C4)cccc1-n1c(=O)[nH]c2c(Cl)cccc2c1=O. The van der Waals surface area contributed by atoms with Crippen molar-refractivity contribution >= 4 is 39.3 Å². The Morgan fingerprint density at radius 1 is 1.15 bits per heavy atom. The number of para-hydroxylation sites is 1. The van der Waals surface area contributed by atoms with Gasteiger partial charge in [-0.2, -0.15) is 0 Å². The summed E-state index contributed by atoms with van der Waals surface area (Å²) in [4.78, 5) is 45.0. The number of carbonyl (C=O) groups is 1. The lowest BCUT2D eigenvalue weighted by molar-refractivity contribution is 0.0107. The number of benzene rings is 3. The number of nitrogens with one attached hydrogen (secondary N) is 2. The molecule has 41 heavy (non-hydrogen) atoms. The summed E-state index contributed by atoms with van der Waals surface area (Å²) in [7, 11) is 0. The molecule has 0 saturated heterocycles. The average molecular weight is 575 g/mol. The highest BCUT2D eigenvalue weighted by Gasteiger charge is 2.34. The summed E-state index contributed by atoms with van der Waals surface area (Å²) in [6.07, 6.45) is 1.76. The number of amides is 1. The summed E-state index contributed by atoms with van der Waals surface area (Å²) in [5.41, 5.74) is 7.38. The Morgan fingerprint density at radius 3 is 2.59 bits per heavy atom. The Labute approximate surface area is 238 Å². The van der Waals surface area contributed by atoms with Crippen molar-refractivity contribution in [1.29, 1.82) is 0 Å². The Hall–Kier alpha value is -4.21. The van der Waals surface area contributed by atoms with E-state index in [-0.39, 0.29) is 38.7 Å². The van der Waals surface area contributed by atoms with E-state index >= 15 is 4.39 Å². The van der Waals surface area contributed by atoms with Gasteiger partial charge in [-0.1, -0.05) is 29.8 Å². The number of nitrogens with two attached hydrogens (primary N) is 1. The fraction of sp³-hybridized carbons (Fsp3) is 0.258. The first-order valence-corrected chi connectivity index (χ1v) is 13.7. The highest BCUT2D eigenvalue weighted by molar-refractivity contribution is 6.34. The van der Waals surface area contributed by atoms with Gasteiger partial charge in [0, 0.05) is 16.6 Å². The van der Waals surface area contributed by atoms with E-state index in [2.05, 4.69) is 9.97 Å². The maximum absolute atomic E-state index is 16.1. The van der Waals surface area contributed by atoms with Crippen LogP contribution in [0, 0.1) is 18.7 Å². The van der Waals surface area contributed by atoms with E-state index in [1.54, 1.807) is 57.2 Å². The molecule has 5 aromatic rings. The minimum Gasteiger partial charge on any atom is -0.390 e. The van der Waals surface area contributed by atoms with Gasteiger partial charge in [0.15, 0.2) is 0 Å². The number of aromatic nitrogens is 3. The zero-order valence-electron chi connectivity index (χ0n) is 22.7. The normalized spacial score (nSPS) is 15.4. The van der Waals surface area contributed by atoms with Crippen molar-refractivity contribution < 1.29 is 14.3 Å². The van der Waals surface area contributed by atoms with Crippen LogP contribution in [0.3, 0.4) is 0 Å². The van der Waals surface area contributed by atoms with E-state index in [1.807, 2.05) is 0 Å². The number of aromatic amines is 2. The van der Waals surface area contributed by atoms with Crippen LogP contribution >= 0.6 is 11.6 Å². The van der Waals surface area contributed by atoms with Gasteiger partial charge in [-0.05, 0) is 86.9 Å². The zero-order valence-corrected chi connectivity index (χ0v) is 23.4. The van der Waals surface area contributed by atoms with Crippen LogP contribution < -0.4 is 17.0 Å². The van der Waals surface area contributed by atoms with Crippen molar-refractivity contribution in [3.63, 3.8) is 0 Å². The average Bonchev–Trinajstić information content (AvgIpc) is 3.28. The molecule has 0 bridgehead atoms. The maximum Gasteiger partial charge on any atom is 0.333 e. The Balaban J connectivity index is 1.63. The van der Waals surface area contributed by atoms with Crippen molar-refractivity contribution in [3.05, 3.63) is 96.5 Å². The third-order valence-electron chi connectivity index (χ3n) is 8.38. The fourth-order valence-electron chi connectivity index (χ4n) is 6.20. The molecule has 0 fully saturated rings. The number of fused-ring (bicyclic) bond motifs is 4. The third kappa shape index (κ3) is 4.19. The molecule has 2 aromatic heterocycles. The van der Waals surface area contributed by atoms with Gasteiger partial charge < -0.3 is 20.8 Å². The largest absolute Gasteiger partial charge is 0.390 e. The molecule has 2 heterocycles. The summed E-state index contributed by atoms with van der Waals surface area (Å²) in [5.74, 6) is -1.44. The molecule has 3 aromatic carbocycles. The Bertz CT molecular complexity index is 2030. The quantitative estimate of drug-likeness (QED) is 0.243. The van der Waals surface area contributed by atoms with Crippen LogP contribution in [-0.2, 0) is 12.8 Å². The van der Waals surface area contributed by atoms with E-state index in [0.29, 0.717) is 41.3 Å². The lowest BCUT2D eigenvalue weighted by atomic mass is 9.77. The molecule has 0 radical (unpaired) electrons. The van der Waals surface area contributed by atoms with E-state index in [0.717, 1.165) is 21.9 Å². The number of H-pyrrole nitrogens is 2. The maximum atomic E-state index is 16.1. The van der Waals surface area contributed by atoms with Gasteiger partial charge in [-0.15, -0.1) is 0 Å². The summed E-state index contributed by atoms with van der Waals surface area (Å²) in [6.45, 7) is 5.25. The molecule has 8 nitrogen and oxygen atoms in total. The number of aryl methyl sites for hydroxylation is 1. The predicted octanol–water partition coefficient (Wildman–Crippen LogP) is 4.90. The lowest BCUT2D eigenvalue weighted by Crippen LogP contribution is -2.35. The second-order valence-electron chi connectivity index (χ2n) is 11.3. The van der Waals surface area contributed by atoms with E-state index in [9.17, 15) is 19.5 Å². The highest BCUT2D eigenvalue weighted by atomic mass is 35.5. The van der Waals surface area contributed by atoms with Crippen LogP contribution in [0.25, 0.3) is 38.6 Å². The van der Waals surface area contributed by atoms with E-state index in [4.69, 9.17) is 17.3 Å². The lowest BCUT2D eigenvalue weighted by Gasteiger charge is -2.32. The van der Waals surface area contributed by atoms with Crippen LogP contribution in [0.4, 0.5) is 4.39 Å². The number of primary amides is 1. The van der Waals surface area contributed by atoms with Gasteiger partial charge in [0.05, 0.1) is 38.3 Å². The Morgan fingerprint density at radius 2 is 1.88 bits per heavy atom. The molecule has 10 heteroatoms. The minimum absolute atomic E-state index is 0.0292. The number of carbonyl (C=O) groups excluding carboxylic acids is 1. The van der Waals surface area contributed by atoms with Crippen molar-refractivity contribution in [2.45, 2.75) is 45.6 Å². The summed E-state index contributed by atoms with van der Waals surface area (Å²) < 4.78 is 17.1. The van der Waals surface area contributed by atoms with Crippen LogP contribution in [0.15, 0.2) is 52.1 Å². The monoisotopic (exact) mass is 574 g/mol. The van der Waals surface area contributed by atoms with Crippen LogP contribution in [0.1, 0.15) is 47.4 Å². The van der Waals surface area contributed by atoms with Gasteiger partial charge >= 0.3 is 5.69 Å². The molecule has 1 aliphatic rings. The first-order chi connectivity index (χ1) is 19.4. The van der Waals surface area contributed by atoms with Gasteiger partial charge in [0.25, 0.3) is 11.5 Å². The zero-order chi connectivity index (χ0) is 29.4. The van der Waals surface area contributed by atoms with Gasteiger partial charge in [0.2, 0.25) is 0 Å². The fourth-order valence-corrected chi connectivity index (χ4v) is 6.42. The molecule has 5 N–H and O–H groups in total. The van der Waals surface area contributed by atoms with Crippen molar-refractivity contribution in [1.82, 2.24) is 14.5 Å². The van der Waals surface area contributed by atoms with Crippen molar-refractivity contribution in [2.75, 3.05) is 0 Å². The molecule has 210 valence electrons. The van der Waals surface area contributed by atoms with Gasteiger partial charge in [0.1, 0.15) is 5.82 Å². The number of nitrogens with zero attached hydrogens (tertiary/aromatic N) is 1. The molecule has 1 aliphatic carbocycles. The number of aliphatic hydroxyl groups is 1. The first-order valence-electron chi connectivity index (χ1n) is 13.3. The smallest absolute Gasteiger partial charge is 0.333 e. The summed E-state index contributed by atoms with van der Waals surface area (Å²) >= 11 is 6.22. The molecule has 6 rings (SSSR count). The number of hydrogen-bond donors (Lipinski definition) is 4. The van der Waals surface area contributed by atoms with E-state index < -0.39 is 28.6 Å². The predicted molar refractivity (Wildman–Crippen MR) is 157 cm³/mol. The number of halogens is 2. The molecule has 1 atom stereocenters.